The number of hydrogen-bond donors (Lipinski definition) is 5. The number of piperidine rings is 1. The van der Waals surface area contributed by atoms with Crippen LogP contribution >= 0.6 is 11.3 Å². The van der Waals surface area contributed by atoms with Crippen molar-refractivity contribution in [3.8, 4) is 0 Å². The molecule has 2 aromatic rings. The van der Waals surface area contributed by atoms with Gasteiger partial charge < -0.3 is 36.4 Å². The number of nitrogens with two attached hydrogens (primary N) is 1. The van der Waals surface area contributed by atoms with E-state index < -0.39 is 83.5 Å². The molecule has 0 saturated carbocycles. The monoisotopic (exact) mass is 1220 g/mol. The second-order valence-electron chi connectivity index (χ2n) is 24.2. The molecule has 1 unspecified atom stereocenters. The zero-order valence-electron chi connectivity index (χ0n) is 52.5. The van der Waals surface area contributed by atoms with E-state index in [1.165, 1.54) is 26.0 Å². The van der Waals surface area contributed by atoms with Gasteiger partial charge in [0.15, 0.2) is 17.7 Å². The summed E-state index contributed by atoms with van der Waals surface area (Å²) < 4.78 is 5.93. The molecular formula is C64H96N8O13S. The van der Waals surface area contributed by atoms with Crippen LogP contribution < -0.4 is 21.7 Å². The number of carboxylic acids is 1. The number of carbonyl (C=O) groups excluding carboxylic acids is 10. The number of unbranched alkanes of at least 4 members (excludes halogenated alkanes) is 2. The van der Waals surface area contributed by atoms with Crippen molar-refractivity contribution in [2.24, 2.45) is 41.2 Å². The highest BCUT2D eigenvalue weighted by atomic mass is 32.1. The standard InChI is InChI=1S/C64H96N8O13S/c1-12-28-71(63(82)48(40(8)13-2)35-52(75)50-21-17-19-29-70(50)11)51(39(6)7)36-54(85-42(10)73)62-68-49(37-86-62)61(81)67-45(31-41(9)64(83)84)32-43-22-24-44(25-23-43)33-53(76)57(58(59(65)79)66-14-3)69-60(80)47(38(4)5)34-46(74)20-16-15-18-30-72-55(77)26-27-56(72)78/h22-27,37-41,45,47-48,50-51,54,57-58,66H,12-21,28-36H2,1-11H3,(H2,65,79)(H,67,81)(H,69,80)(H,83,84)/t40-,41-,45+,47-,48-,50+,51+,54+,57+,58?/m0/s1. The van der Waals surface area contributed by atoms with Crippen molar-refractivity contribution in [3.05, 3.63) is 63.6 Å². The molecule has 6 N–H and O–H groups in total. The molecule has 21 nitrogen and oxygen atoms in total. The minimum absolute atomic E-state index is 0.0206. The van der Waals surface area contributed by atoms with Gasteiger partial charge in [-0.05, 0) is 94.0 Å². The number of hydrogen-bond acceptors (Lipinski definition) is 16. The number of ether oxygens (including phenoxy) is 1. The molecule has 476 valence electrons. The first kappa shape index (κ1) is 72.0. The lowest BCUT2D eigenvalue weighted by atomic mass is 9.82. The Hall–Kier alpha value is -6.52. The van der Waals surface area contributed by atoms with Gasteiger partial charge in [0.25, 0.3) is 17.7 Å². The summed E-state index contributed by atoms with van der Waals surface area (Å²) in [5, 5.41) is 20.5. The summed E-state index contributed by atoms with van der Waals surface area (Å²) >= 11 is 1.13. The van der Waals surface area contributed by atoms with E-state index in [0.717, 1.165) is 42.0 Å². The number of likely N-dealkylation sites (N-methyl/N-ethyl adjacent to an activating group) is 2. The summed E-state index contributed by atoms with van der Waals surface area (Å²) in [7, 11) is 1.97. The molecule has 22 heteroatoms. The quantitative estimate of drug-likeness (QED) is 0.0263. The maximum Gasteiger partial charge on any atom is 0.306 e. The molecule has 3 heterocycles. The fraction of sp³-hybridized carbons (Fsp3) is 0.656. The molecule has 10 atom stereocenters. The number of rotatable bonds is 39. The lowest BCUT2D eigenvalue weighted by Crippen LogP contribution is -2.60. The molecule has 6 amide bonds. The van der Waals surface area contributed by atoms with Gasteiger partial charge in [0.1, 0.15) is 28.6 Å². The number of aliphatic carboxylic acids is 1. The molecule has 0 bridgehead atoms. The predicted octanol–water partition coefficient (Wildman–Crippen LogP) is 6.73. The van der Waals surface area contributed by atoms with E-state index in [1.54, 1.807) is 50.4 Å². The van der Waals surface area contributed by atoms with E-state index in [2.05, 4.69) is 25.8 Å². The van der Waals surface area contributed by atoms with Crippen molar-refractivity contribution in [2.45, 2.75) is 202 Å². The lowest BCUT2D eigenvalue weighted by Gasteiger charge is -2.39. The average molecular weight is 1220 g/mol. The molecule has 0 radical (unpaired) electrons. The molecule has 1 fully saturated rings. The number of primary amides is 1. The Morgan fingerprint density at radius 1 is 0.837 bits per heavy atom. The van der Waals surface area contributed by atoms with E-state index in [0.29, 0.717) is 54.8 Å². The second-order valence-corrected chi connectivity index (χ2v) is 25.1. The SMILES string of the molecule is CCCN(C(=O)[C@@H](CC(=O)[C@H]1CCCCN1C)[C@@H](C)CC)[C@H](C[C@@H](OC(C)=O)c1nc(C(=O)N[C@@H](Cc2ccc(CC(=O)[C@@H](NC(=O)[C@@H](CC(=O)CCCCCN3C(=O)C=CC3=O)C(C)C)C(NCC)C(N)=O)cc2)C[C@H](C)C(=O)O)cs1)C(C)C. The number of carboxylic acid groups (broad SMARTS) is 1. The third-order valence-electron chi connectivity index (χ3n) is 16.7. The van der Waals surface area contributed by atoms with Crippen LogP contribution in [0.3, 0.4) is 0 Å². The number of esters is 1. The number of thiazole rings is 1. The number of amides is 6. The first-order valence-corrected chi connectivity index (χ1v) is 31.8. The van der Waals surface area contributed by atoms with Crippen LogP contribution in [0, 0.1) is 35.5 Å². The third kappa shape index (κ3) is 21.7. The fourth-order valence-corrected chi connectivity index (χ4v) is 12.3. The van der Waals surface area contributed by atoms with Crippen molar-refractivity contribution in [1.29, 1.82) is 0 Å². The Bertz CT molecular complexity index is 2670. The van der Waals surface area contributed by atoms with Crippen LogP contribution in [-0.2, 0) is 65.5 Å². The summed E-state index contributed by atoms with van der Waals surface area (Å²) in [6.07, 6.45) is 7.58. The van der Waals surface area contributed by atoms with Gasteiger partial charge in [-0.2, -0.15) is 0 Å². The molecule has 1 aromatic heterocycles. The van der Waals surface area contributed by atoms with Crippen LogP contribution in [0.1, 0.15) is 185 Å². The van der Waals surface area contributed by atoms with E-state index in [-0.39, 0.29) is 117 Å². The number of carbonyl (C=O) groups is 11. The van der Waals surface area contributed by atoms with Gasteiger partial charge >= 0.3 is 11.9 Å². The molecule has 4 rings (SSSR count). The molecule has 1 aromatic carbocycles. The third-order valence-corrected chi connectivity index (χ3v) is 17.7. The van der Waals surface area contributed by atoms with Gasteiger partial charge in [0.2, 0.25) is 17.7 Å². The van der Waals surface area contributed by atoms with E-state index in [4.69, 9.17) is 10.5 Å². The summed E-state index contributed by atoms with van der Waals surface area (Å²) in [6, 6.07) is 2.81. The van der Waals surface area contributed by atoms with E-state index in [9.17, 15) is 57.8 Å². The van der Waals surface area contributed by atoms with Crippen LogP contribution in [0.2, 0.25) is 0 Å². The van der Waals surface area contributed by atoms with Gasteiger partial charge in [-0.1, -0.05) is 106 Å². The van der Waals surface area contributed by atoms with Crippen LogP contribution in [0.4, 0.5) is 0 Å². The highest BCUT2D eigenvalue weighted by Crippen LogP contribution is 2.34. The van der Waals surface area contributed by atoms with Gasteiger partial charge in [-0.3, -0.25) is 62.5 Å². The van der Waals surface area contributed by atoms with E-state index >= 15 is 0 Å². The van der Waals surface area contributed by atoms with E-state index in [1.807, 2.05) is 46.6 Å². The molecule has 0 aliphatic carbocycles. The van der Waals surface area contributed by atoms with Gasteiger partial charge in [0, 0.05) is 93.6 Å². The van der Waals surface area contributed by atoms with Gasteiger partial charge in [0.05, 0.1) is 12.0 Å². The Morgan fingerprint density at radius 3 is 2.07 bits per heavy atom. The average Bonchev–Trinajstić information content (AvgIpc) is 2.78. The summed E-state index contributed by atoms with van der Waals surface area (Å²) in [5.41, 5.74) is 7.03. The molecule has 2 aliphatic heterocycles. The maximum absolute atomic E-state index is 14.9. The second kappa shape index (κ2) is 35.3. The van der Waals surface area contributed by atoms with Crippen LogP contribution in [0.15, 0.2) is 41.8 Å². The van der Waals surface area contributed by atoms with Gasteiger partial charge in [-0.25, -0.2) is 4.98 Å². The Labute approximate surface area is 512 Å². The van der Waals surface area contributed by atoms with Crippen molar-refractivity contribution in [1.82, 2.24) is 35.6 Å². The van der Waals surface area contributed by atoms with Crippen molar-refractivity contribution < 1.29 is 62.6 Å². The van der Waals surface area contributed by atoms with Crippen LogP contribution in [0.5, 0.6) is 0 Å². The fourth-order valence-electron chi connectivity index (χ4n) is 11.4. The zero-order valence-corrected chi connectivity index (χ0v) is 53.3. The summed E-state index contributed by atoms with van der Waals surface area (Å²) in [6.45, 7) is 19.9. The number of nitrogens with one attached hydrogen (secondary N) is 3. The molecule has 2 aliphatic rings. The number of likely N-dealkylation sites (tertiary alicyclic amines) is 1. The maximum atomic E-state index is 14.9. The highest BCUT2D eigenvalue weighted by molar-refractivity contribution is 7.09. The predicted molar refractivity (Wildman–Crippen MR) is 327 cm³/mol. The topological polar surface area (TPSA) is 302 Å². The molecule has 0 spiro atoms. The number of aromatic nitrogens is 1. The molecule has 86 heavy (non-hydrogen) atoms. The van der Waals surface area contributed by atoms with Crippen molar-refractivity contribution in [2.75, 3.05) is 33.2 Å². The number of nitrogens with zero attached hydrogens (tertiary/aromatic N) is 4. The minimum Gasteiger partial charge on any atom is -0.481 e. The number of ketones is 3. The summed E-state index contributed by atoms with van der Waals surface area (Å²) in [5.74, 6) is -7.88. The van der Waals surface area contributed by atoms with Crippen LogP contribution in [-0.4, -0.2) is 153 Å². The Balaban J connectivity index is 1.49. The first-order chi connectivity index (χ1) is 40.7. The van der Waals surface area contributed by atoms with Crippen molar-refractivity contribution >= 4 is 76.1 Å². The minimum atomic E-state index is -1.39. The summed E-state index contributed by atoms with van der Waals surface area (Å²) in [4.78, 5) is 155. The van der Waals surface area contributed by atoms with Crippen molar-refractivity contribution in [3.63, 3.8) is 0 Å². The number of benzene rings is 1. The Morgan fingerprint density at radius 2 is 1.50 bits per heavy atom. The molecular weight excluding hydrogens is 1120 g/mol. The highest BCUT2D eigenvalue weighted by Gasteiger charge is 2.40. The van der Waals surface area contributed by atoms with Gasteiger partial charge in [-0.15, -0.1) is 11.3 Å². The first-order valence-electron chi connectivity index (χ1n) is 30.9. The smallest absolute Gasteiger partial charge is 0.306 e. The number of Topliss-reactive ketones (excluding diaryl/α,β-unsaturated/α-hetero) is 3. The number of imide groups is 1. The molecule has 1 saturated heterocycles. The normalized spacial score (nSPS) is 17.7. The zero-order chi connectivity index (χ0) is 63.9. The largest absolute Gasteiger partial charge is 0.481 e. The van der Waals surface area contributed by atoms with Crippen LogP contribution in [0.25, 0.3) is 0 Å². The Kier molecular flexibility index (Phi) is 29.6. The lowest BCUT2D eigenvalue weighted by molar-refractivity contribution is -0.150.